The molecule has 0 aliphatic heterocycles. The molecular formula is C24H28N2O6S. The van der Waals surface area contributed by atoms with Crippen LogP contribution in [0.25, 0.3) is 0 Å². The molecule has 33 heavy (non-hydrogen) atoms. The highest BCUT2D eigenvalue weighted by atomic mass is 32.2. The summed E-state index contributed by atoms with van der Waals surface area (Å²) in [5.41, 5.74) is 5.28. The lowest BCUT2D eigenvalue weighted by atomic mass is 10.1. The molecule has 0 fully saturated rings. The Morgan fingerprint density at radius 2 is 1.09 bits per heavy atom. The summed E-state index contributed by atoms with van der Waals surface area (Å²) < 4.78 is 9.84. The molecule has 0 radical (unpaired) electrons. The Morgan fingerprint density at radius 3 is 1.45 bits per heavy atom. The van der Waals surface area contributed by atoms with Crippen LogP contribution in [-0.4, -0.2) is 48.5 Å². The Hall–Kier alpha value is -3.33. The van der Waals surface area contributed by atoms with Crippen molar-refractivity contribution in [3.8, 4) is 0 Å². The normalized spacial score (nSPS) is 10.3. The first-order chi connectivity index (χ1) is 15.6. The van der Waals surface area contributed by atoms with Gasteiger partial charge in [0.1, 0.15) is 0 Å². The topological polar surface area (TPSA) is 111 Å². The average molecular weight is 473 g/mol. The maximum absolute atomic E-state index is 11.9. The average Bonchev–Trinajstić information content (AvgIpc) is 2.75. The molecule has 2 aromatic rings. The van der Waals surface area contributed by atoms with Crippen molar-refractivity contribution in [1.29, 1.82) is 0 Å². The number of esters is 2. The third-order valence-corrected chi connectivity index (χ3v) is 5.36. The number of aryl methyl sites for hydroxylation is 4. The van der Waals surface area contributed by atoms with Gasteiger partial charge in [-0.15, -0.1) is 11.8 Å². The molecule has 0 spiro atoms. The van der Waals surface area contributed by atoms with Crippen molar-refractivity contribution in [2.75, 3.05) is 35.4 Å². The van der Waals surface area contributed by atoms with Gasteiger partial charge >= 0.3 is 11.9 Å². The molecule has 2 aromatic carbocycles. The van der Waals surface area contributed by atoms with Crippen molar-refractivity contribution in [3.63, 3.8) is 0 Å². The van der Waals surface area contributed by atoms with Crippen LogP contribution in [-0.2, 0) is 28.7 Å². The van der Waals surface area contributed by atoms with Crippen LogP contribution in [0.15, 0.2) is 36.4 Å². The Morgan fingerprint density at radius 1 is 0.697 bits per heavy atom. The molecule has 2 amide bonds. The van der Waals surface area contributed by atoms with Gasteiger partial charge < -0.3 is 20.1 Å². The molecule has 0 bridgehead atoms. The van der Waals surface area contributed by atoms with E-state index in [0.29, 0.717) is 11.4 Å². The van der Waals surface area contributed by atoms with Gasteiger partial charge in [0.15, 0.2) is 13.2 Å². The predicted octanol–water partition coefficient (Wildman–Crippen LogP) is 3.32. The Kier molecular flexibility index (Phi) is 9.93. The molecule has 0 unspecified atom stereocenters. The molecule has 9 heteroatoms. The minimum Gasteiger partial charge on any atom is -0.455 e. The minimum atomic E-state index is -0.629. The number of carbonyl (C=O) groups is 4. The number of nitrogens with one attached hydrogen (secondary N) is 2. The van der Waals surface area contributed by atoms with Gasteiger partial charge in [0.2, 0.25) is 0 Å². The van der Waals surface area contributed by atoms with Gasteiger partial charge in [0.25, 0.3) is 11.8 Å². The highest BCUT2D eigenvalue weighted by molar-refractivity contribution is 8.00. The number of rotatable bonds is 10. The van der Waals surface area contributed by atoms with E-state index in [0.717, 1.165) is 34.0 Å². The van der Waals surface area contributed by atoms with E-state index in [4.69, 9.17) is 9.47 Å². The van der Waals surface area contributed by atoms with E-state index in [9.17, 15) is 19.2 Å². The van der Waals surface area contributed by atoms with Crippen LogP contribution in [0.1, 0.15) is 22.3 Å². The molecule has 0 atom stereocenters. The zero-order valence-electron chi connectivity index (χ0n) is 19.2. The maximum atomic E-state index is 11.9. The Labute approximate surface area is 197 Å². The van der Waals surface area contributed by atoms with Gasteiger partial charge in [0, 0.05) is 11.4 Å². The van der Waals surface area contributed by atoms with Crippen molar-refractivity contribution < 1.29 is 28.7 Å². The molecule has 0 aromatic heterocycles. The van der Waals surface area contributed by atoms with Crippen LogP contribution in [0.5, 0.6) is 0 Å². The van der Waals surface area contributed by atoms with Crippen molar-refractivity contribution >= 4 is 46.9 Å². The lowest BCUT2D eigenvalue weighted by Crippen LogP contribution is -2.23. The van der Waals surface area contributed by atoms with Gasteiger partial charge in [-0.2, -0.15) is 0 Å². The fraction of sp³-hybridized carbons (Fsp3) is 0.333. The number of anilines is 2. The van der Waals surface area contributed by atoms with E-state index < -0.39 is 37.0 Å². The third kappa shape index (κ3) is 9.36. The monoisotopic (exact) mass is 472 g/mol. The second-order valence-electron chi connectivity index (χ2n) is 7.55. The van der Waals surface area contributed by atoms with Crippen LogP contribution < -0.4 is 10.6 Å². The van der Waals surface area contributed by atoms with Gasteiger partial charge in [-0.3, -0.25) is 19.2 Å². The van der Waals surface area contributed by atoms with Crippen LogP contribution in [0, 0.1) is 27.7 Å². The summed E-state index contributed by atoms with van der Waals surface area (Å²) in [4.78, 5) is 47.5. The van der Waals surface area contributed by atoms with Crippen LogP contribution in [0.4, 0.5) is 11.4 Å². The fourth-order valence-corrected chi connectivity index (χ4v) is 3.48. The van der Waals surface area contributed by atoms with E-state index in [2.05, 4.69) is 10.6 Å². The first-order valence-electron chi connectivity index (χ1n) is 10.3. The summed E-state index contributed by atoms with van der Waals surface area (Å²) in [6.45, 7) is 6.81. The summed E-state index contributed by atoms with van der Waals surface area (Å²) in [6, 6.07) is 11.2. The van der Waals surface area contributed by atoms with E-state index >= 15 is 0 Å². The van der Waals surface area contributed by atoms with Crippen molar-refractivity contribution in [2.24, 2.45) is 0 Å². The smallest absolute Gasteiger partial charge is 0.316 e. The zero-order valence-corrected chi connectivity index (χ0v) is 20.0. The Balaban J connectivity index is 1.60. The van der Waals surface area contributed by atoms with Crippen LogP contribution >= 0.6 is 11.8 Å². The molecule has 0 aliphatic rings. The zero-order chi connectivity index (χ0) is 24.4. The molecule has 0 heterocycles. The molecule has 176 valence electrons. The fourth-order valence-electron chi connectivity index (χ4n) is 2.87. The number of thioether (sulfide) groups is 1. The summed E-state index contributed by atoms with van der Waals surface area (Å²) in [7, 11) is 0. The van der Waals surface area contributed by atoms with Gasteiger partial charge in [-0.1, -0.05) is 35.4 Å². The lowest BCUT2D eigenvalue weighted by Gasteiger charge is -2.10. The van der Waals surface area contributed by atoms with Crippen LogP contribution in [0.3, 0.4) is 0 Å². The van der Waals surface area contributed by atoms with E-state index in [1.165, 1.54) is 0 Å². The second kappa shape index (κ2) is 12.6. The van der Waals surface area contributed by atoms with E-state index in [-0.39, 0.29) is 11.5 Å². The first kappa shape index (κ1) is 25.9. The molecule has 8 nitrogen and oxygen atoms in total. The standard InChI is InChI=1S/C24H28N2O6S/c1-15-5-7-19(17(3)9-15)25-21(27)11-31-23(29)13-33-14-24(30)32-12-22(28)26-20-8-6-16(2)10-18(20)4/h5-10H,11-14H2,1-4H3,(H,25,27)(H,26,28). The largest absolute Gasteiger partial charge is 0.455 e. The SMILES string of the molecule is Cc1ccc(NC(=O)COC(=O)CSCC(=O)OCC(=O)Nc2ccc(C)cc2C)c(C)c1. The van der Waals surface area contributed by atoms with Crippen molar-refractivity contribution in [2.45, 2.75) is 27.7 Å². The molecule has 2 rings (SSSR count). The summed E-state index contributed by atoms with van der Waals surface area (Å²) in [6.07, 6.45) is 0. The van der Waals surface area contributed by atoms with E-state index in [1.807, 2.05) is 52.0 Å². The second-order valence-corrected chi connectivity index (χ2v) is 8.53. The quantitative estimate of drug-likeness (QED) is 0.510. The summed E-state index contributed by atoms with van der Waals surface area (Å²) in [5.74, 6) is -2.40. The highest BCUT2D eigenvalue weighted by Crippen LogP contribution is 2.16. The lowest BCUT2D eigenvalue weighted by molar-refractivity contribution is -0.144. The van der Waals surface area contributed by atoms with Gasteiger partial charge in [0.05, 0.1) is 11.5 Å². The number of hydrogen-bond donors (Lipinski definition) is 2. The van der Waals surface area contributed by atoms with E-state index in [1.54, 1.807) is 12.1 Å². The number of carbonyl (C=O) groups excluding carboxylic acids is 4. The minimum absolute atomic E-state index is 0.124. The number of benzene rings is 2. The molecule has 0 saturated heterocycles. The molecule has 2 N–H and O–H groups in total. The van der Waals surface area contributed by atoms with Crippen molar-refractivity contribution in [3.05, 3.63) is 58.7 Å². The van der Waals surface area contributed by atoms with Gasteiger partial charge in [-0.25, -0.2) is 0 Å². The number of hydrogen-bond acceptors (Lipinski definition) is 7. The Bertz CT molecular complexity index is 956. The summed E-state index contributed by atoms with van der Waals surface area (Å²) in [5, 5.41) is 5.37. The van der Waals surface area contributed by atoms with Crippen LogP contribution in [0.2, 0.25) is 0 Å². The highest BCUT2D eigenvalue weighted by Gasteiger charge is 2.13. The number of amides is 2. The molecule has 0 aliphatic carbocycles. The van der Waals surface area contributed by atoms with Gasteiger partial charge in [-0.05, 0) is 51.0 Å². The number of ether oxygens (including phenoxy) is 2. The molecular weight excluding hydrogens is 444 g/mol. The summed E-state index contributed by atoms with van der Waals surface area (Å²) >= 11 is 0.976. The third-order valence-electron chi connectivity index (χ3n) is 4.48. The van der Waals surface area contributed by atoms with Crippen molar-refractivity contribution in [1.82, 2.24) is 0 Å². The predicted molar refractivity (Wildman–Crippen MR) is 128 cm³/mol. The maximum Gasteiger partial charge on any atom is 0.316 e. The first-order valence-corrected chi connectivity index (χ1v) is 11.4. The molecule has 0 saturated carbocycles.